The Kier molecular flexibility index (Phi) is 6.47. The highest BCUT2D eigenvalue weighted by molar-refractivity contribution is 6.10. The molecule has 2 atom stereocenters. The summed E-state index contributed by atoms with van der Waals surface area (Å²) in [4.78, 5) is 18.8. The maximum absolute atomic E-state index is 13.1. The lowest BCUT2D eigenvalue weighted by molar-refractivity contribution is -0.0884. The van der Waals surface area contributed by atoms with E-state index in [0.717, 1.165) is 25.3 Å². The van der Waals surface area contributed by atoms with E-state index in [1.807, 2.05) is 0 Å². The third kappa shape index (κ3) is 4.76. The highest BCUT2D eigenvalue weighted by Gasteiger charge is 2.41. The van der Waals surface area contributed by atoms with Crippen molar-refractivity contribution in [2.45, 2.75) is 69.8 Å². The fourth-order valence-electron chi connectivity index (χ4n) is 6.05. The van der Waals surface area contributed by atoms with Gasteiger partial charge in [-0.25, -0.2) is 4.98 Å². The van der Waals surface area contributed by atoms with Gasteiger partial charge in [-0.2, -0.15) is 13.2 Å². The molecule has 2 bridgehead atoms. The summed E-state index contributed by atoms with van der Waals surface area (Å²) < 4.78 is 40.9. The van der Waals surface area contributed by atoms with E-state index in [0.29, 0.717) is 24.3 Å². The Hall–Kier alpha value is -2.67. The van der Waals surface area contributed by atoms with E-state index in [2.05, 4.69) is 40.2 Å². The second-order valence-electron chi connectivity index (χ2n) is 9.78. The fraction of sp³-hybridized carbons (Fsp3) is 0.481. The summed E-state index contributed by atoms with van der Waals surface area (Å²) in [6.45, 7) is 1.47. The molecule has 34 heavy (non-hydrogen) atoms. The van der Waals surface area contributed by atoms with Gasteiger partial charge in [0.05, 0.1) is 5.56 Å². The number of halogens is 3. The number of benzene rings is 1. The summed E-state index contributed by atoms with van der Waals surface area (Å²) in [7, 11) is 0. The molecule has 180 valence electrons. The first kappa shape index (κ1) is 23.1. The SMILES string of the molecule is O=C(c1cn(CCCN2C3CCC2CC(CCc2ccccc2)C3)c2ncccc12)C(F)(F)F. The van der Waals surface area contributed by atoms with Crippen LogP contribution < -0.4 is 0 Å². The zero-order chi connectivity index (χ0) is 23.7. The lowest BCUT2D eigenvalue weighted by Gasteiger charge is -2.39. The lowest BCUT2D eigenvalue weighted by atomic mass is 9.86. The Morgan fingerprint density at radius 1 is 1.00 bits per heavy atom. The topological polar surface area (TPSA) is 38.1 Å². The highest BCUT2D eigenvalue weighted by Crippen LogP contribution is 2.40. The maximum Gasteiger partial charge on any atom is 0.454 e. The van der Waals surface area contributed by atoms with E-state index >= 15 is 0 Å². The number of alkyl halides is 3. The molecule has 2 fully saturated rings. The largest absolute Gasteiger partial charge is 0.454 e. The van der Waals surface area contributed by atoms with Crippen molar-refractivity contribution in [2.75, 3.05) is 6.54 Å². The summed E-state index contributed by atoms with van der Waals surface area (Å²) in [6.07, 6.45) is 6.15. The van der Waals surface area contributed by atoms with E-state index in [-0.39, 0.29) is 10.9 Å². The summed E-state index contributed by atoms with van der Waals surface area (Å²) in [6, 6.07) is 15.0. The molecule has 2 aromatic heterocycles. The van der Waals surface area contributed by atoms with Crippen molar-refractivity contribution in [1.29, 1.82) is 0 Å². The quantitative estimate of drug-likeness (QED) is 0.377. The van der Waals surface area contributed by atoms with Crippen molar-refractivity contribution in [1.82, 2.24) is 14.5 Å². The lowest BCUT2D eigenvalue weighted by Crippen LogP contribution is -2.43. The van der Waals surface area contributed by atoms with Gasteiger partial charge in [0.25, 0.3) is 5.78 Å². The first-order chi connectivity index (χ1) is 16.4. The minimum atomic E-state index is -4.89. The minimum Gasteiger partial charge on any atom is -0.332 e. The zero-order valence-corrected chi connectivity index (χ0v) is 19.2. The normalized spacial score (nSPS) is 23.0. The highest BCUT2D eigenvalue weighted by atomic mass is 19.4. The molecular weight excluding hydrogens is 439 g/mol. The molecule has 4 nitrogen and oxygen atoms in total. The number of carbonyl (C=O) groups excluding carboxylic acids is 1. The van der Waals surface area contributed by atoms with Crippen molar-refractivity contribution in [2.24, 2.45) is 5.92 Å². The van der Waals surface area contributed by atoms with Crippen LogP contribution in [-0.2, 0) is 13.0 Å². The Morgan fingerprint density at radius 3 is 2.44 bits per heavy atom. The molecule has 0 saturated carbocycles. The molecule has 2 unspecified atom stereocenters. The first-order valence-corrected chi connectivity index (χ1v) is 12.2. The predicted molar refractivity (Wildman–Crippen MR) is 126 cm³/mol. The molecule has 0 aliphatic carbocycles. The van der Waals surface area contributed by atoms with Crippen LogP contribution in [-0.4, -0.2) is 45.0 Å². The number of aryl methyl sites for hydroxylation is 2. The average Bonchev–Trinajstić information content (AvgIpc) is 3.30. The van der Waals surface area contributed by atoms with E-state index in [4.69, 9.17) is 0 Å². The number of aromatic nitrogens is 2. The van der Waals surface area contributed by atoms with Crippen LogP contribution in [0.3, 0.4) is 0 Å². The molecule has 2 aliphatic heterocycles. The van der Waals surface area contributed by atoms with Crippen LogP contribution in [0.4, 0.5) is 13.2 Å². The third-order valence-electron chi connectivity index (χ3n) is 7.62. The Balaban J connectivity index is 1.19. The van der Waals surface area contributed by atoms with Crippen molar-refractivity contribution < 1.29 is 18.0 Å². The molecule has 3 aromatic rings. The maximum atomic E-state index is 13.1. The third-order valence-corrected chi connectivity index (χ3v) is 7.62. The predicted octanol–water partition coefficient (Wildman–Crippen LogP) is 6.05. The molecule has 7 heteroatoms. The molecule has 2 saturated heterocycles. The van der Waals surface area contributed by atoms with Gasteiger partial charge in [0.15, 0.2) is 0 Å². The Labute approximate surface area is 197 Å². The van der Waals surface area contributed by atoms with Gasteiger partial charge in [0.2, 0.25) is 0 Å². The number of carbonyl (C=O) groups is 1. The molecule has 5 rings (SSSR count). The minimum absolute atomic E-state index is 0.268. The Bertz CT molecular complexity index is 1130. The number of ketones is 1. The van der Waals surface area contributed by atoms with Crippen LogP contribution >= 0.6 is 0 Å². The number of rotatable bonds is 8. The van der Waals surface area contributed by atoms with E-state index in [1.54, 1.807) is 16.8 Å². The van der Waals surface area contributed by atoms with Gasteiger partial charge in [-0.05, 0) is 68.6 Å². The first-order valence-electron chi connectivity index (χ1n) is 12.2. The van der Waals surface area contributed by atoms with Crippen molar-refractivity contribution in [3.63, 3.8) is 0 Å². The van der Waals surface area contributed by atoms with Crippen LogP contribution in [0.25, 0.3) is 11.0 Å². The fourth-order valence-corrected chi connectivity index (χ4v) is 6.05. The zero-order valence-electron chi connectivity index (χ0n) is 19.2. The van der Waals surface area contributed by atoms with Crippen molar-refractivity contribution in [3.05, 3.63) is 66.0 Å². The number of hydrogen-bond acceptors (Lipinski definition) is 3. The van der Waals surface area contributed by atoms with Crippen LogP contribution in [0.5, 0.6) is 0 Å². The molecule has 0 spiro atoms. The number of piperidine rings is 1. The van der Waals surface area contributed by atoms with E-state index in [1.165, 1.54) is 49.9 Å². The molecular formula is C27H30F3N3O. The van der Waals surface area contributed by atoms with Gasteiger partial charge in [0.1, 0.15) is 5.65 Å². The molecule has 0 amide bonds. The number of Topliss-reactive ketones (excluding diaryl/α,β-unsaturated/α-hetero) is 1. The van der Waals surface area contributed by atoms with Gasteiger partial charge in [0, 0.05) is 43.0 Å². The average molecular weight is 470 g/mol. The number of hydrogen-bond donors (Lipinski definition) is 0. The number of fused-ring (bicyclic) bond motifs is 3. The van der Waals surface area contributed by atoms with Gasteiger partial charge in [-0.3, -0.25) is 9.69 Å². The molecule has 4 heterocycles. The van der Waals surface area contributed by atoms with Crippen LogP contribution in [0.15, 0.2) is 54.9 Å². The van der Waals surface area contributed by atoms with Gasteiger partial charge in [-0.1, -0.05) is 30.3 Å². The van der Waals surface area contributed by atoms with E-state index < -0.39 is 12.0 Å². The summed E-state index contributed by atoms with van der Waals surface area (Å²) >= 11 is 0. The van der Waals surface area contributed by atoms with E-state index in [9.17, 15) is 18.0 Å². The Morgan fingerprint density at radius 2 is 1.74 bits per heavy atom. The molecule has 1 aromatic carbocycles. The van der Waals surface area contributed by atoms with Crippen LogP contribution in [0, 0.1) is 5.92 Å². The monoisotopic (exact) mass is 469 g/mol. The van der Waals surface area contributed by atoms with Crippen LogP contribution in [0.2, 0.25) is 0 Å². The van der Waals surface area contributed by atoms with Crippen molar-refractivity contribution in [3.8, 4) is 0 Å². The number of pyridine rings is 1. The summed E-state index contributed by atoms with van der Waals surface area (Å²) in [5.74, 6) is -1.04. The second-order valence-corrected chi connectivity index (χ2v) is 9.78. The molecule has 0 N–H and O–H groups in total. The smallest absolute Gasteiger partial charge is 0.332 e. The summed E-state index contributed by atoms with van der Waals surface area (Å²) in [5, 5.41) is 0.268. The van der Waals surface area contributed by atoms with Crippen LogP contribution in [0.1, 0.15) is 54.4 Å². The number of nitrogens with zero attached hydrogens (tertiary/aromatic N) is 3. The van der Waals surface area contributed by atoms with Gasteiger partial charge >= 0.3 is 6.18 Å². The van der Waals surface area contributed by atoms with Gasteiger partial charge in [-0.15, -0.1) is 0 Å². The standard InChI is InChI=1S/C27H30F3N3O/c28-27(29,30)25(34)24-18-32(26-23(24)8-4-13-31-26)14-5-15-33-21-11-12-22(33)17-20(16-21)10-9-19-6-2-1-3-7-19/h1-4,6-8,13,18,20-22H,5,9-12,14-17H2. The second kappa shape index (κ2) is 9.53. The molecule has 2 aliphatic rings. The van der Waals surface area contributed by atoms with Gasteiger partial charge < -0.3 is 4.57 Å². The van der Waals surface area contributed by atoms with Crippen molar-refractivity contribution >= 4 is 16.8 Å². The summed E-state index contributed by atoms with van der Waals surface area (Å²) in [5.41, 5.74) is 1.54. The molecule has 0 radical (unpaired) electrons.